The van der Waals surface area contributed by atoms with Crippen molar-refractivity contribution in [1.29, 1.82) is 0 Å². The fourth-order valence-electron chi connectivity index (χ4n) is 3.26. The third kappa shape index (κ3) is 4.06. The largest absolute Gasteiger partial charge is 0.437 e. The van der Waals surface area contributed by atoms with Crippen molar-refractivity contribution in [1.82, 2.24) is 10.6 Å². The van der Waals surface area contributed by atoms with Crippen LogP contribution in [0.5, 0.6) is 5.75 Å². The van der Waals surface area contributed by atoms with Gasteiger partial charge >= 0.3 is 18.8 Å². The van der Waals surface area contributed by atoms with E-state index in [-0.39, 0.29) is 16.9 Å². The number of aliphatic hydroxyl groups is 1. The van der Waals surface area contributed by atoms with Gasteiger partial charge in [-0.3, -0.25) is 4.79 Å². The Morgan fingerprint density at radius 2 is 1.67 bits per heavy atom. The lowest BCUT2D eigenvalue weighted by atomic mass is 9.77. The van der Waals surface area contributed by atoms with Crippen LogP contribution in [0, 0.1) is 5.92 Å². The molecule has 0 bridgehead atoms. The number of nitrogens with one attached hydrogen (secondary N) is 2. The molecule has 1 aliphatic rings. The summed E-state index contributed by atoms with van der Waals surface area (Å²) in [5.41, 5.74) is -4.01. The van der Waals surface area contributed by atoms with Crippen molar-refractivity contribution in [2.24, 2.45) is 5.92 Å². The van der Waals surface area contributed by atoms with Gasteiger partial charge in [-0.2, -0.15) is 22.0 Å². The van der Waals surface area contributed by atoms with Crippen molar-refractivity contribution in [2.45, 2.75) is 24.6 Å². The lowest BCUT2D eigenvalue weighted by molar-refractivity contribution is -0.287. The second kappa shape index (κ2) is 7.90. The number of amides is 2. The Hall–Kier alpha value is -3.21. The number of ether oxygens (including phenoxy) is 1. The van der Waals surface area contributed by atoms with Crippen LogP contribution in [0.3, 0.4) is 0 Å². The summed E-state index contributed by atoms with van der Waals surface area (Å²) in [4.78, 5) is 24.9. The van der Waals surface area contributed by atoms with E-state index in [1.54, 1.807) is 6.07 Å². The van der Waals surface area contributed by atoms with E-state index in [1.165, 1.54) is 29.6 Å². The predicted octanol–water partition coefficient (Wildman–Crippen LogP) is 3.39. The number of rotatable bonds is 5. The van der Waals surface area contributed by atoms with Gasteiger partial charge in [-0.25, -0.2) is 4.79 Å². The molecule has 0 saturated carbocycles. The molecule has 0 aliphatic carbocycles. The number of ketones is 1. The van der Waals surface area contributed by atoms with Gasteiger partial charge in [0.25, 0.3) is 0 Å². The molecule has 0 radical (unpaired) electrons. The fourth-order valence-corrected chi connectivity index (χ4v) is 3.26. The highest BCUT2D eigenvalue weighted by molar-refractivity contribution is 6.00. The summed E-state index contributed by atoms with van der Waals surface area (Å²) in [6, 6.07) is 8.32. The second-order valence-electron chi connectivity index (χ2n) is 6.50. The first-order valence-corrected chi connectivity index (χ1v) is 8.55. The number of hydrogen-bond acceptors (Lipinski definition) is 4. The lowest BCUT2D eigenvalue weighted by Crippen LogP contribution is -2.72. The molecule has 0 aromatic heterocycles. The SMILES string of the molecule is O=C1NC(c2ccc(OC(F)F)cc2)C(C(=O)c2ccccc2)C(O)(C(F)(F)F)N1. The minimum Gasteiger partial charge on any atom is -0.435 e. The monoisotopic (exact) mass is 430 g/mol. The molecule has 1 aliphatic heterocycles. The van der Waals surface area contributed by atoms with Crippen LogP contribution in [-0.4, -0.2) is 35.4 Å². The Kier molecular flexibility index (Phi) is 5.66. The van der Waals surface area contributed by atoms with Crippen LogP contribution in [0.4, 0.5) is 26.7 Å². The van der Waals surface area contributed by atoms with Crippen molar-refractivity contribution in [3.8, 4) is 5.75 Å². The van der Waals surface area contributed by atoms with Crippen LogP contribution in [0.2, 0.25) is 0 Å². The maximum Gasteiger partial charge on any atom is 0.437 e. The van der Waals surface area contributed by atoms with Crippen molar-refractivity contribution < 1.29 is 41.4 Å². The Morgan fingerprint density at radius 1 is 1.07 bits per heavy atom. The Morgan fingerprint density at radius 3 is 2.20 bits per heavy atom. The summed E-state index contributed by atoms with van der Waals surface area (Å²) < 4.78 is 70.2. The van der Waals surface area contributed by atoms with Gasteiger partial charge < -0.3 is 20.5 Å². The number of urea groups is 1. The molecular weight excluding hydrogens is 415 g/mol. The van der Waals surface area contributed by atoms with Crippen molar-refractivity contribution >= 4 is 11.8 Å². The van der Waals surface area contributed by atoms with Gasteiger partial charge in [-0.05, 0) is 17.7 Å². The number of carbonyl (C=O) groups is 2. The molecule has 1 fully saturated rings. The van der Waals surface area contributed by atoms with E-state index in [2.05, 4.69) is 10.1 Å². The predicted molar refractivity (Wildman–Crippen MR) is 92.7 cm³/mol. The van der Waals surface area contributed by atoms with E-state index in [0.717, 1.165) is 24.3 Å². The molecule has 0 spiro atoms. The smallest absolute Gasteiger partial charge is 0.435 e. The fraction of sp³-hybridized carbons (Fsp3) is 0.263. The lowest BCUT2D eigenvalue weighted by Gasteiger charge is -2.45. The van der Waals surface area contributed by atoms with Gasteiger partial charge in [0.1, 0.15) is 11.7 Å². The Labute approximate surface area is 166 Å². The highest BCUT2D eigenvalue weighted by atomic mass is 19.4. The van der Waals surface area contributed by atoms with Crippen molar-refractivity contribution in [3.63, 3.8) is 0 Å². The average molecular weight is 430 g/mol. The highest BCUT2D eigenvalue weighted by Gasteiger charge is 2.66. The van der Waals surface area contributed by atoms with Crippen LogP contribution in [-0.2, 0) is 0 Å². The molecule has 160 valence electrons. The quantitative estimate of drug-likeness (QED) is 0.501. The van der Waals surface area contributed by atoms with E-state index >= 15 is 0 Å². The molecule has 6 nitrogen and oxygen atoms in total. The molecule has 30 heavy (non-hydrogen) atoms. The van der Waals surface area contributed by atoms with Gasteiger partial charge in [0.15, 0.2) is 5.78 Å². The molecule has 3 rings (SSSR count). The first-order valence-electron chi connectivity index (χ1n) is 8.55. The number of halogens is 5. The van der Waals surface area contributed by atoms with Crippen molar-refractivity contribution in [2.75, 3.05) is 0 Å². The summed E-state index contributed by atoms with van der Waals surface area (Å²) >= 11 is 0. The van der Waals surface area contributed by atoms with Crippen LogP contribution >= 0.6 is 0 Å². The Bertz CT molecular complexity index is 921. The third-order valence-corrected chi connectivity index (χ3v) is 4.61. The number of benzene rings is 2. The van der Waals surface area contributed by atoms with E-state index in [0.29, 0.717) is 0 Å². The number of hydrogen-bond donors (Lipinski definition) is 3. The van der Waals surface area contributed by atoms with Crippen LogP contribution < -0.4 is 15.4 Å². The summed E-state index contributed by atoms with van der Waals surface area (Å²) in [6.45, 7) is -3.11. The molecule has 2 aromatic carbocycles. The normalized spacial score (nSPS) is 24.2. The molecule has 3 N–H and O–H groups in total. The van der Waals surface area contributed by atoms with Crippen LogP contribution in [0.25, 0.3) is 0 Å². The molecule has 1 heterocycles. The van der Waals surface area contributed by atoms with E-state index in [1.807, 2.05) is 0 Å². The van der Waals surface area contributed by atoms with Gasteiger partial charge in [-0.15, -0.1) is 0 Å². The van der Waals surface area contributed by atoms with Crippen LogP contribution in [0.15, 0.2) is 54.6 Å². The minimum absolute atomic E-state index is 0.0246. The summed E-state index contributed by atoms with van der Waals surface area (Å²) in [7, 11) is 0. The molecule has 3 atom stereocenters. The zero-order chi connectivity index (χ0) is 22.1. The van der Waals surface area contributed by atoms with E-state index < -0.39 is 42.3 Å². The summed E-state index contributed by atoms with van der Waals surface area (Å²) in [5.74, 6) is -3.56. The zero-order valence-electron chi connectivity index (χ0n) is 15.0. The molecular formula is C19H15F5N2O4. The Balaban J connectivity index is 2.08. The highest BCUT2D eigenvalue weighted by Crippen LogP contribution is 2.44. The van der Waals surface area contributed by atoms with E-state index in [9.17, 15) is 36.6 Å². The van der Waals surface area contributed by atoms with Gasteiger partial charge in [0.05, 0.1) is 6.04 Å². The van der Waals surface area contributed by atoms with Gasteiger partial charge in [-0.1, -0.05) is 42.5 Å². The molecule has 3 unspecified atom stereocenters. The number of Topliss-reactive ketones (excluding diaryl/α,β-unsaturated/α-hetero) is 1. The van der Waals surface area contributed by atoms with E-state index in [4.69, 9.17) is 0 Å². The first kappa shape index (κ1) is 21.5. The maximum atomic E-state index is 13.8. The first-order chi connectivity index (χ1) is 14.0. The second-order valence-corrected chi connectivity index (χ2v) is 6.50. The maximum absolute atomic E-state index is 13.8. The molecule has 11 heteroatoms. The van der Waals surface area contributed by atoms with Gasteiger partial charge in [0.2, 0.25) is 5.72 Å². The topological polar surface area (TPSA) is 87.7 Å². The third-order valence-electron chi connectivity index (χ3n) is 4.61. The average Bonchev–Trinajstić information content (AvgIpc) is 2.67. The molecule has 2 aromatic rings. The summed E-state index contributed by atoms with van der Waals surface area (Å²) in [6.07, 6.45) is -5.39. The van der Waals surface area contributed by atoms with Crippen molar-refractivity contribution in [3.05, 3.63) is 65.7 Å². The van der Waals surface area contributed by atoms with Crippen LogP contribution in [0.1, 0.15) is 22.0 Å². The number of carbonyl (C=O) groups excluding carboxylic acids is 2. The standard InChI is InChI=1S/C19H15F5N2O4/c20-16(21)30-12-8-6-10(7-9-12)14-13(15(27)11-4-2-1-3-5-11)18(29,19(22,23)24)26-17(28)25-14/h1-9,13-14,16,29H,(H2,25,26,28). The molecule has 1 saturated heterocycles. The van der Waals surface area contributed by atoms with Gasteiger partial charge in [0, 0.05) is 5.56 Å². The zero-order valence-corrected chi connectivity index (χ0v) is 15.0. The molecule has 2 amide bonds. The summed E-state index contributed by atoms with van der Waals surface area (Å²) in [5, 5.41) is 14.0. The minimum atomic E-state index is -5.39. The number of alkyl halides is 5.